The van der Waals surface area contributed by atoms with E-state index in [1.807, 2.05) is 0 Å². The van der Waals surface area contributed by atoms with Crippen LogP contribution in [-0.2, 0) is 0 Å². The van der Waals surface area contributed by atoms with Gasteiger partial charge in [0.15, 0.2) is 0 Å². The molecule has 38 valence electrons. The highest BCUT2D eigenvalue weighted by atomic mass is 33.1. The molecule has 2 nitrogen and oxygen atoms in total. The molecule has 0 fully saturated rings. The second-order valence-electron chi connectivity index (χ2n) is 0.828. The third kappa shape index (κ3) is 1.32. The fraction of sp³-hybridized carbons (Fsp3) is 0. The second-order valence-corrected chi connectivity index (χ2v) is 3.04. The summed E-state index contributed by atoms with van der Waals surface area (Å²) in [4.78, 5) is 0. The lowest BCUT2D eigenvalue weighted by atomic mass is 11.0. The van der Waals surface area contributed by atoms with E-state index in [0.717, 1.165) is 4.21 Å². The number of thiol groups is 1. The van der Waals surface area contributed by atoms with Crippen molar-refractivity contribution in [3.63, 3.8) is 0 Å². The van der Waals surface area contributed by atoms with Gasteiger partial charge in [0.2, 0.25) is 0 Å². The summed E-state index contributed by atoms with van der Waals surface area (Å²) in [6.45, 7) is 0. The molecule has 1 heterocycles. The lowest BCUT2D eigenvalue weighted by molar-refractivity contribution is 1.15. The van der Waals surface area contributed by atoms with Crippen LogP contribution in [0.5, 0.6) is 0 Å². The molecule has 0 radical (unpaired) electrons. The van der Waals surface area contributed by atoms with E-state index in [9.17, 15) is 0 Å². The van der Waals surface area contributed by atoms with Crippen LogP contribution in [-0.4, -0.2) is 9.59 Å². The Kier molecular flexibility index (Phi) is 1.96. The first-order chi connectivity index (χ1) is 3.43. The van der Waals surface area contributed by atoms with E-state index in [1.54, 1.807) is 6.20 Å². The van der Waals surface area contributed by atoms with Gasteiger partial charge in [0, 0.05) is 0 Å². The van der Waals surface area contributed by atoms with Crippen LogP contribution < -0.4 is 0 Å². The summed E-state index contributed by atoms with van der Waals surface area (Å²) in [5.74, 6) is 0. The molecule has 1 aromatic heterocycles. The molecule has 0 amide bonds. The van der Waals surface area contributed by atoms with Crippen LogP contribution in [0.3, 0.4) is 0 Å². The van der Waals surface area contributed by atoms with Gasteiger partial charge in [-0.05, 0) is 22.3 Å². The molecule has 0 saturated heterocycles. The lowest BCUT2D eigenvalue weighted by Crippen LogP contribution is -1.52. The third-order valence-electron chi connectivity index (χ3n) is 0.431. The van der Waals surface area contributed by atoms with Crippen molar-refractivity contribution in [2.45, 2.75) is 4.21 Å². The van der Waals surface area contributed by atoms with Crippen molar-refractivity contribution in [3.05, 3.63) is 6.20 Å². The van der Waals surface area contributed by atoms with E-state index < -0.39 is 0 Å². The van der Waals surface area contributed by atoms with Gasteiger partial charge in [-0.2, -0.15) is 0 Å². The predicted molar refractivity (Wildman–Crippen MR) is 34.8 cm³/mol. The number of nitrogens with zero attached hydrogens (tertiary/aromatic N) is 2. The van der Waals surface area contributed by atoms with Crippen molar-refractivity contribution >= 4 is 34.0 Å². The topological polar surface area (TPSA) is 25.8 Å². The Morgan fingerprint density at radius 3 is 3.00 bits per heavy atom. The van der Waals surface area contributed by atoms with Crippen molar-refractivity contribution in [1.29, 1.82) is 0 Å². The second kappa shape index (κ2) is 2.54. The van der Waals surface area contributed by atoms with Gasteiger partial charge in [-0.25, -0.2) is 0 Å². The molecule has 5 heteroatoms. The summed E-state index contributed by atoms with van der Waals surface area (Å²) in [5, 5.41) is 3.59. The summed E-state index contributed by atoms with van der Waals surface area (Å²) in [7, 11) is 1.36. The van der Waals surface area contributed by atoms with Crippen molar-refractivity contribution in [2.75, 3.05) is 0 Å². The minimum Gasteiger partial charge on any atom is -0.145 e. The van der Waals surface area contributed by atoms with Crippen molar-refractivity contribution in [2.24, 2.45) is 0 Å². The Bertz CT molecular complexity index is 125. The van der Waals surface area contributed by atoms with Crippen LogP contribution in [0.4, 0.5) is 0 Å². The fourth-order valence-corrected chi connectivity index (χ4v) is 1.24. The number of hydrogen-bond acceptors (Lipinski definition) is 5. The number of rotatable bonds is 1. The molecule has 0 aliphatic rings. The summed E-state index contributed by atoms with van der Waals surface area (Å²) < 4.78 is 4.65. The average Bonchev–Trinajstić information content (AvgIpc) is 2.14. The maximum Gasteiger partial charge on any atom is 0.111 e. The molecule has 0 N–H and O–H groups in total. The monoisotopic (exact) mass is 150 g/mol. The van der Waals surface area contributed by atoms with E-state index in [-0.39, 0.29) is 0 Å². The smallest absolute Gasteiger partial charge is 0.111 e. The Labute approximate surface area is 54.3 Å². The largest absolute Gasteiger partial charge is 0.145 e. The van der Waals surface area contributed by atoms with E-state index in [0.29, 0.717) is 0 Å². The molecule has 7 heavy (non-hydrogen) atoms. The van der Waals surface area contributed by atoms with Gasteiger partial charge >= 0.3 is 0 Å². The zero-order valence-electron chi connectivity index (χ0n) is 3.24. The minimum atomic E-state index is 1.03. The highest BCUT2D eigenvalue weighted by Crippen LogP contribution is 2.22. The number of aromatic nitrogens is 2. The molecular formula is C2H2N2S3. The van der Waals surface area contributed by atoms with Crippen LogP contribution in [0.2, 0.25) is 0 Å². The van der Waals surface area contributed by atoms with Gasteiger partial charge in [-0.1, -0.05) is 4.49 Å². The molecule has 0 atom stereocenters. The average molecular weight is 150 g/mol. The first-order valence-corrected chi connectivity index (χ1v) is 4.16. The molecule has 0 saturated carbocycles. The first-order valence-electron chi connectivity index (χ1n) is 1.52. The Morgan fingerprint density at radius 1 is 1.86 bits per heavy atom. The molecule has 1 aromatic rings. The quantitative estimate of drug-likeness (QED) is 0.485. The highest BCUT2D eigenvalue weighted by Gasteiger charge is 1.88. The summed E-state index contributed by atoms with van der Waals surface area (Å²) in [5.41, 5.74) is 0. The maximum absolute atomic E-state index is 3.92. The molecule has 0 aromatic carbocycles. The van der Waals surface area contributed by atoms with Crippen molar-refractivity contribution in [3.8, 4) is 0 Å². The van der Waals surface area contributed by atoms with E-state index in [2.05, 4.69) is 21.2 Å². The minimum absolute atomic E-state index is 1.03. The van der Waals surface area contributed by atoms with Crippen LogP contribution in [0.1, 0.15) is 0 Å². The van der Waals surface area contributed by atoms with Crippen LogP contribution in [0.15, 0.2) is 10.4 Å². The predicted octanol–water partition coefficient (Wildman–Crippen LogP) is 1.47. The zero-order valence-corrected chi connectivity index (χ0v) is 5.76. The normalized spacial score (nSPS) is 9.29. The molecular weight excluding hydrogens is 148 g/mol. The first kappa shape index (κ1) is 5.40. The molecule has 0 aliphatic carbocycles. The van der Waals surface area contributed by atoms with Crippen molar-refractivity contribution in [1.82, 2.24) is 9.59 Å². The number of hydrogen-bond donors (Lipinski definition) is 1. The fourth-order valence-electron chi connectivity index (χ4n) is 0.198. The molecule has 1 rings (SSSR count). The molecule has 0 bridgehead atoms. The van der Waals surface area contributed by atoms with Gasteiger partial charge in [0.1, 0.15) is 4.21 Å². The SMILES string of the molecule is SSc1cnns1. The highest BCUT2D eigenvalue weighted by molar-refractivity contribution is 8.69. The summed E-state index contributed by atoms with van der Waals surface area (Å²) in [6.07, 6.45) is 1.68. The van der Waals surface area contributed by atoms with Gasteiger partial charge in [-0.3, -0.25) is 0 Å². The van der Waals surface area contributed by atoms with Gasteiger partial charge in [0.05, 0.1) is 6.20 Å². The van der Waals surface area contributed by atoms with Gasteiger partial charge in [0.25, 0.3) is 0 Å². The Morgan fingerprint density at radius 2 is 2.71 bits per heavy atom. The molecule has 0 spiro atoms. The lowest BCUT2D eigenvalue weighted by Gasteiger charge is -1.73. The summed E-state index contributed by atoms with van der Waals surface area (Å²) >= 11 is 5.27. The standard InChI is InChI=1S/C2H2N2S3/c5-7-2-1-3-4-6-2/h1,5H. The van der Waals surface area contributed by atoms with Crippen LogP contribution >= 0.6 is 34.0 Å². The Balaban J connectivity index is 2.76. The van der Waals surface area contributed by atoms with E-state index in [1.165, 1.54) is 22.3 Å². The van der Waals surface area contributed by atoms with Gasteiger partial charge < -0.3 is 0 Å². The van der Waals surface area contributed by atoms with Crippen LogP contribution in [0, 0.1) is 0 Å². The summed E-state index contributed by atoms with van der Waals surface area (Å²) in [6, 6.07) is 0. The van der Waals surface area contributed by atoms with Gasteiger partial charge in [-0.15, -0.1) is 16.8 Å². The molecule has 0 unspecified atom stereocenters. The van der Waals surface area contributed by atoms with Crippen molar-refractivity contribution < 1.29 is 0 Å². The zero-order chi connectivity index (χ0) is 5.11. The van der Waals surface area contributed by atoms with E-state index >= 15 is 0 Å². The molecule has 0 aliphatic heterocycles. The third-order valence-corrected chi connectivity index (χ3v) is 2.61. The van der Waals surface area contributed by atoms with E-state index in [4.69, 9.17) is 0 Å². The maximum atomic E-state index is 3.92. The van der Waals surface area contributed by atoms with Crippen LogP contribution in [0.25, 0.3) is 0 Å². The Hall–Kier alpha value is 0.260.